The second kappa shape index (κ2) is 4.50. The molecule has 0 fully saturated rings. The van der Waals surface area contributed by atoms with Gasteiger partial charge in [-0.3, -0.25) is 4.79 Å². The van der Waals surface area contributed by atoms with Crippen LogP contribution in [0.15, 0.2) is 12.1 Å². The summed E-state index contributed by atoms with van der Waals surface area (Å²) >= 11 is 0. The molecule has 1 aromatic heterocycles. The Morgan fingerprint density at radius 3 is 2.40 bits per heavy atom. The summed E-state index contributed by atoms with van der Waals surface area (Å²) in [5.74, 6) is -1.22. The van der Waals surface area contributed by atoms with E-state index in [0.29, 0.717) is 16.6 Å². The van der Waals surface area contributed by atoms with Crippen LogP contribution in [0.5, 0.6) is 0 Å². The number of carbonyl (C=O) groups is 1. The minimum Gasteiger partial charge on any atom is -0.345 e. The van der Waals surface area contributed by atoms with Crippen LogP contribution in [0.2, 0.25) is 0 Å². The maximum absolute atomic E-state index is 12.8. The molecule has 7 heteroatoms. The van der Waals surface area contributed by atoms with E-state index in [0.717, 1.165) is 4.57 Å². The average Bonchev–Trinajstić information content (AvgIpc) is 2.67. The summed E-state index contributed by atoms with van der Waals surface area (Å²) in [6, 6.07) is 2.95. The Kier molecular flexibility index (Phi) is 3.23. The number of alkyl halides is 3. The van der Waals surface area contributed by atoms with Crippen molar-refractivity contribution < 1.29 is 18.0 Å². The van der Waals surface area contributed by atoms with E-state index in [1.54, 1.807) is 21.0 Å². The molecule has 0 unspecified atom stereocenters. The van der Waals surface area contributed by atoms with Gasteiger partial charge in [-0.2, -0.15) is 13.2 Å². The van der Waals surface area contributed by atoms with Crippen molar-refractivity contribution in [2.24, 2.45) is 7.05 Å². The fourth-order valence-corrected chi connectivity index (χ4v) is 2.22. The monoisotopic (exact) mass is 285 g/mol. The molecule has 0 saturated heterocycles. The molecule has 4 nitrogen and oxygen atoms in total. The standard InChI is InChI=1S/C13H14F3N3O/c1-7-8(11(20)18(2)3)5-6-9-10(7)19(4)12(17-9)13(14,15)16/h5-6H,1-4H3. The molecule has 108 valence electrons. The predicted molar refractivity (Wildman–Crippen MR) is 68.5 cm³/mol. The third kappa shape index (κ3) is 2.13. The highest BCUT2D eigenvalue weighted by molar-refractivity contribution is 5.99. The Morgan fingerprint density at radius 1 is 1.30 bits per heavy atom. The van der Waals surface area contributed by atoms with Gasteiger partial charge in [0.15, 0.2) is 0 Å². The van der Waals surface area contributed by atoms with Crippen LogP contribution in [0.25, 0.3) is 11.0 Å². The van der Waals surface area contributed by atoms with E-state index < -0.39 is 12.0 Å². The second-order valence-corrected chi connectivity index (χ2v) is 4.80. The van der Waals surface area contributed by atoms with E-state index in [1.165, 1.54) is 24.1 Å². The molecule has 2 rings (SSSR count). The Balaban J connectivity index is 2.74. The summed E-state index contributed by atoms with van der Waals surface area (Å²) in [5.41, 5.74) is 1.42. The van der Waals surface area contributed by atoms with Crippen LogP contribution in [0.1, 0.15) is 21.7 Å². The maximum atomic E-state index is 12.8. The third-order valence-electron chi connectivity index (χ3n) is 3.18. The average molecular weight is 285 g/mol. The Bertz CT molecular complexity index is 686. The largest absolute Gasteiger partial charge is 0.449 e. The maximum Gasteiger partial charge on any atom is 0.449 e. The summed E-state index contributed by atoms with van der Waals surface area (Å²) in [6.45, 7) is 1.63. The molecule has 2 aromatic rings. The second-order valence-electron chi connectivity index (χ2n) is 4.80. The van der Waals surface area contributed by atoms with Crippen molar-refractivity contribution in [1.29, 1.82) is 0 Å². The highest BCUT2D eigenvalue weighted by Crippen LogP contribution is 2.32. The fourth-order valence-electron chi connectivity index (χ4n) is 2.22. The Hall–Kier alpha value is -2.05. The zero-order chi connectivity index (χ0) is 15.2. The van der Waals surface area contributed by atoms with Crippen LogP contribution < -0.4 is 0 Å². The van der Waals surface area contributed by atoms with E-state index >= 15 is 0 Å². The molecule has 20 heavy (non-hydrogen) atoms. The van der Waals surface area contributed by atoms with Gasteiger partial charge in [-0.15, -0.1) is 0 Å². The number of benzene rings is 1. The molecular formula is C13H14F3N3O. The lowest BCUT2D eigenvalue weighted by Crippen LogP contribution is -2.22. The summed E-state index contributed by atoms with van der Waals surface area (Å²) in [6.07, 6.45) is -4.52. The molecule has 0 bridgehead atoms. The molecule has 0 saturated carbocycles. The predicted octanol–water partition coefficient (Wildman–Crippen LogP) is 2.60. The van der Waals surface area contributed by atoms with E-state index in [1.807, 2.05) is 0 Å². The van der Waals surface area contributed by atoms with Crippen LogP contribution in [-0.2, 0) is 13.2 Å². The number of hydrogen-bond acceptors (Lipinski definition) is 2. The third-order valence-corrected chi connectivity index (χ3v) is 3.18. The molecule has 0 N–H and O–H groups in total. The highest BCUT2D eigenvalue weighted by atomic mass is 19.4. The first-order chi connectivity index (χ1) is 9.14. The summed E-state index contributed by atoms with van der Waals surface area (Å²) in [5, 5.41) is 0. The molecule has 0 atom stereocenters. The van der Waals surface area contributed by atoms with Crippen LogP contribution in [0, 0.1) is 6.92 Å². The van der Waals surface area contributed by atoms with E-state index in [-0.39, 0.29) is 11.4 Å². The molecule has 0 spiro atoms. The zero-order valence-electron chi connectivity index (χ0n) is 11.5. The van der Waals surface area contributed by atoms with Gasteiger partial charge in [0.05, 0.1) is 11.0 Å². The van der Waals surface area contributed by atoms with Crippen molar-refractivity contribution in [2.75, 3.05) is 14.1 Å². The van der Waals surface area contributed by atoms with Gasteiger partial charge in [0.1, 0.15) is 0 Å². The lowest BCUT2D eigenvalue weighted by molar-refractivity contribution is -0.146. The first kappa shape index (κ1) is 14.4. The number of rotatable bonds is 1. The lowest BCUT2D eigenvalue weighted by Gasteiger charge is -2.13. The molecule has 0 aliphatic carbocycles. The molecular weight excluding hydrogens is 271 g/mol. The van der Waals surface area contributed by atoms with E-state index in [9.17, 15) is 18.0 Å². The number of imidazole rings is 1. The van der Waals surface area contributed by atoms with Gasteiger partial charge in [-0.1, -0.05) is 0 Å². The van der Waals surface area contributed by atoms with Gasteiger partial charge in [0.2, 0.25) is 5.82 Å². The van der Waals surface area contributed by atoms with Crippen LogP contribution in [0.4, 0.5) is 13.2 Å². The van der Waals surface area contributed by atoms with Gasteiger partial charge in [-0.25, -0.2) is 4.98 Å². The highest BCUT2D eigenvalue weighted by Gasteiger charge is 2.37. The fraction of sp³-hybridized carbons (Fsp3) is 0.385. The van der Waals surface area contributed by atoms with Crippen molar-refractivity contribution in [3.8, 4) is 0 Å². The van der Waals surface area contributed by atoms with Crippen molar-refractivity contribution in [3.63, 3.8) is 0 Å². The number of halogens is 3. The normalized spacial score (nSPS) is 11.9. The first-order valence-corrected chi connectivity index (χ1v) is 5.89. The van der Waals surface area contributed by atoms with Gasteiger partial charge in [0.25, 0.3) is 5.91 Å². The molecule has 1 amide bonds. The van der Waals surface area contributed by atoms with E-state index in [2.05, 4.69) is 4.98 Å². The summed E-state index contributed by atoms with van der Waals surface area (Å²) in [7, 11) is 4.49. The Labute approximate surface area is 113 Å². The quantitative estimate of drug-likeness (QED) is 0.807. The van der Waals surface area contributed by atoms with Crippen LogP contribution in [0.3, 0.4) is 0 Å². The van der Waals surface area contributed by atoms with Crippen molar-refractivity contribution >= 4 is 16.9 Å². The molecule has 1 heterocycles. The van der Waals surface area contributed by atoms with Crippen molar-refractivity contribution in [2.45, 2.75) is 13.1 Å². The van der Waals surface area contributed by atoms with Crippen molar-refractivity contribution in [3.05, 3.63) is 29.1 Å². The SMILES string of the molecule is Cc1c(C(=O)N(C)C)ccc2nc(C(F)(F)F)n(C)c12. The number of hydrogen-bond donors (Lipinski definition) is 0. The van der Waals surface area contributed by atoms with Crippen LogP contribution in [-0.4, -0.2) is 34.5 Å². The zero-order valence-corrected chi connectivity index (χ0v) is 11.5. The van der Waals surface area contributed by atoms with Gasteiger partial charge < -0.3 is 9.47 Å². The number of aromatic nitrogens is 2. The number of carbonyl (C=O) groups excluding carboxylic acids is 1. The minimum absolute atomic E-state index is 0.229. The number of nitrogens with zero attached hydrogens (tertiary/aromatic N) is 3. The van der Waals surface area contributed by atoms with Gasteiger partial charge >= 0.3 is 6.18 Å². The number of amides is 1. The molecule has 1 aromatic carbocycles. The number of aryl methyl sites for hydroxylation is 2. The smallest absolute Gasteiger partial charge is 0.345 e. The van der Waals surface area contributed by atoms with E-state index in [4.69, 9.17) is 0 Å². The van der Waals surface area contributed by atoms with Gasteiger partial charge in [0, 0.05) is 26.7 Å². The minimum atomic E-state index is -4.52. The summed E-state index contributed by atoms with van der Waals surface area (Å²) < 4.78 is 39.5. The summed E-state index contributed by atoms with van der Waals surface area (Å²) in [4.78, 5) is 17.0. The first-order valence-electron chi connectivity index (χ1n) is 5.89. The number of fused-ring (bicyclic) bond motifs is 1. The molecule has 0 aliphatic heterocycles. The van der Waals surface area contributed by atoms with Crippen molar-refractivity contribution in [1.82, 2.24) is 14.5 Å². The lowest BCUT2D eigenvalue weighted by atomic mass is 10.1. The Morgan fingerprint density at radius 2 is 1.90 bits per heavy atom. The topological polar surface area (TPSA) is 38.1 Å². The van der Waals surface area contributed by atoms with Gasteiger partial charge in [-0.05, 0) is 24.6 Å². The molecule has 0 radical (unpaired) electrons. The van der Waals surface area contributed by atoms with Crippen LogP contribution >= 0.6 is 0 Å². The molecule has 0 aliphatic rings.